The number of hydrogen-bond acceptors (Lipinski definition) is 2. The molecule has 0 aromatic heterocycles. The van der Waals surface area contributed by atoms with Crippen LogP contribution in [-0.2, 0) is 0 Å². The van der Waals surface area contributed by atoms with E-state index in [1.165, 1.54) is 32.4 Å². The number of nitrogens with two attached hydrogens (primary N) is 1. The number of rotatable bonds is 4. The van der Waals surface area contributed by atoms with Crippen LogP contribution in [0, 0.1) is 5.41 Å². The lowest BCUT2D eigenvalue weighted by molar-refractivity contribution is 0.235. The zero-order valence-corrected chi connectivity index (χ0v) is 9.34. The molecule has 1 rings (SSSR count). The van der Waals surface area contributed by atoms with Crippen LogP contribution < -0.4 is 5.73 Å². The van der Waals surface area contributed by atoms with Crippen LogP contribution in [0.4, 0.5) is 0 Å². The second-order valence-corrected chi connectivity index (χ2v) is 4.67. The number of likely N-dealkylation sites (tertiary alicyclic amines) is 1. The van der Waals surface area contributed by atoms with Gasteiger partial charge < -0.3 is 10.6 Å². The van der Waals surface area contributed by atoms with Gasteiger partial charge in [-0.05, 0) is 38.1 Å². The minimum absolute atomic E-state index is 0.324. The molecule has 2 N–H and O–H groups in total. The van der Waals surface area contributed by atoms with Gasteiger partial charge in [0.05, 0.1) is 0 Å². The largest absolute Gasteiger partial charge is 0.327 e. The highest BCUT2D eigenvalue weighted by molar-refractivity contribution is 4.88. The van der Waals surface area contributed by atoms with Crippen molar-refractivity contribution >= 4 is 0 Å². The highest BCUT2D eigenvalue weighted by Crippen LogP contribution is 2.36. The first-order valence-corrected chi connectivity index (χ1v) is 5.60. The zero-order valence-electron chi connectivity index (χ0n) is 9.34. The molecule has 2 heteroatoms. The van der Waals surface area contributed by atoms with Crippen LogP contribution in [0.3, 0.4) is 0 Å². The van der Waals surface area contributed by atoms with Gasteiger partial charge >= 0.3 is 0 Å². The van der Waals surface area contributed by atoms with E-state index < -0.39 is 0 Å². The molecule has 1 atom stereocenters. The predicted octanol–water partition coefficient (Wildman–Crippen LogP) is 1.85. The Morgan fingerprint density at radius 1 is 1.38 bits per heavy atom. The third-order valence-electron chi connectivity index (χ3n) is 3.56. The first kappa shape index (κ1) is 11.0. The van der Waals surface area contributed by atoms with Crippen LogP contribution in [0.25, 0.3) is 0 Å². The van der Waals surface area contributed by atoms with Crippen molar-refractivity contribution in [1.29, 1.82) is 0 Å². The summed E-state index contributed by atoms with van der Waals surface area (Å²) in [5.74, 6) is 0. The van der Waals surface area contributed by atoms with Gasteiger partial charge in [-0.3, -0.25) is 0 Å². The molecule has 13 heavy (non-hydrogen) atoms. The maximum Gasteiger partial charge on any atom is 0.0139 e. The molecule has 1 heterocycles. The van der Waals surface area contributed by atoms with Crippen molar-refractivity contribution in [3.63, 3.8) is 0 Å². The topological polar surface area (TPSA) is 29.3 Å². The highest BCUT2D eigenvalue weighted by Gasteiger charge is 2.34. The molecule has 78 valence electrons. The molecule has 0 aromatic carbocycles. The van der Waals surface area contributed by atoms with E-state index in [9.17, 15) is 0 Å². The number of nitrogens with zero attached hydrogens (tertiary/aromatic N) is 1. The third-order valence-corrected chi connectivity index (χ3v) is 3.56. The summed E-state index contributed by atoms with van der Waals surface area (Å²) in [5.41, 5.74) is 6.41. The Morgan fingerprint density at radius 3 is 2.38 bits per heavy atom. The Bertz CT molecular complexity index is 150. The van der Waals surface area contributed by atoms with Crippen molar-refractivity contribution in [2.75, 3.05) is 19.6 Å². The first-order valence-electron chi connectivity index (χ1n) is 5.60. The summed E-state index contributed by atoms with van der Waals surface area (Å²) in [6.07, 6.45) is 4.00. The van der Waals surface area contributed by atoms with Gasteiger partial charge in [0.1, 0.15) is 0 Å². The molecule has 2 nitrogen and oxygen atoms in total. The molecular formula is C11H24N2. The van der Waals surface area contributed by atoms with Crippen LogP contribution in [-0.4, -0.2) is 30.6 Å². The maximum atomic E-state index is 5.80. The monoisotopic (exact) mass is 184 g/mol. The summed E-state index contributed by atoms with van der Waals surface area (Å²) in [5, 5.41) is 0. The highest BCUT2D eigenvalue weighted by atomic mass is 15.2. The smallest absolute Gasteiger partial charge is 0.0139 e. The molecule has 1 unspecified atom stereocenters. The summed E-state index contributed by atoms with van der Waals surface area (Å²) < 4.78 is 0. The Hall–Kier alpha value is -0.0800. The summed E-state index contributed by atoms with van der Waals surface area (Å²) in [6.45, 7) is 10.3. The summed E-state index contributed by atoms with van der Waals surface area (Å²) in [4.78, 5) is 2.53. The molecule has 1 fully saturated rings. The summed E-state index contributed by atoms with van der Waals surface area (Å²) in [7, 11) is 0. The van der Waals surface area contributed by atoms with Gasteiger partial charge in [0.2, 0.25) is 0 Å². The average Bonchev–Trinajstić information content (AvgIpc) is 2.48. The van der Waals surface area contributed by atoms with E-state index in [2.05, 4.69) is 25.7 Å². The quantitative estimate of drug-likeness (QED) is 0.722. The van der Waals surface area contributed by atoms with Gasteiger partial charge in [0.25, 0.3) is 0 Å². The van der Waals surface area contributed by atoms with Gasteiger partial charge in [0.15, 0.2) is 0 Å². The molecule has 0 saturated carbocycles. The zero-order chi connectivity index (χ0) is 9.90. The molecule has 0 bridgehead atoms. The molecule has 0 aromatic rings. The molecule has 0 aliphatic carbocycles. The Labute approximate surface area is 82.5 Å². The van der Waals surface area contributed by atoms with Crippen molar-refractivity contribution < 1.29 is 0 Å². The van der Waals surface area contributed by atoms with Crippen molar-refractivity contribution in [2.45, 2.75) is 46.1 Å². The second kappa shape index (κ2) is 4.43. The Morgan fingerprint density at radius 2 is 2.00 bits per heavy atom. The average molecular weight is 184 g/mol. The van der Waals surface area contributed by atoms with E-state index in [-0.39, 0.29) is 0 Å². The van der Waals surface area contributed by atoms with E-state index in [0.717, 1.165) is 6.54 Å². The Kier molecular flexibility index (Phi) is 3.74. The van der Waals surface area contributed by atoms with Gasteiger partial charge in [-0.2, -0.15) is 0 Å². The summed E-state index contributed by atoms with van der Waals surface area (Å²) in [6, 6.07) is 0.324. The molecule has 1 aliphatic heterocycles. The fourth-order valence-corrected chi connectivity index (χ4v) is 2.42. The minimum atomic E-state index is 0.324. The van der Waals surface area contributed by atoms with E-state index in [0.29, 0.717) is 11.5 Å². The lowest BCUT2D eigenvalue weighted by atomic mass is 9.82. The van der Waals surface area contributed by atoms with Crippen molar-refractivity contribution in [1.82, 2.24) is 4.90 Å². The van der Waals surface area contributed by atoms with E-state index >= 15 is 0 Å². The van der Waals surface area contributed by atoms with Crippen LogP contribution in [0.15, 0.2) is 0 Å². The van der Waals surface area contributed by atoms with Gasteiger partial charge in [-0.15, -0.1) is 0 Å². The maximum absolute atomic E-state index is 5.80. The van der Waals surface area contributed by atoms with Crippen molar-refractivity contribution in [2.24, 2.45) is 11.1 Å². The molecule has 0 radical (unpaired) electrons. The lowest BCUT2D eigenvalue weighted by Crippen LogP contribution is -2.35. The standard InChI is InChI=1S/C11H24N2/c1-4-11(5-2)6-7-13(9-11)8-10(3)12/h10H,4-9,12H2,1-3H3. The lowest BCUT2D eigenvalue weighted by Gasteiger charge is -2.27. The number of hydrogen-bond donors (Lipinski definition) is 1. The van der Waals surface area contributed by atoms with Gasteiger partial charge in [-0.1, -0.05) is 13.8 Å². The summed E-state index contributed by atoms with van der Waals surface area (Å²) >= 11 is 0. The van der Waals surface area contributed by atoms with Crippen LogP contribution in [0.2, 0.25) is 0 Å². The van der Waals surface area contributed by atoms with Gasteiger partial charge in [-0.25, -0.2) is 0 Å². The normalized spacial score (nSPS) is 24.9. The molecular weight excluding hydrogens is 160 g/mol. The van der Waals surface area contributed by atoms with E-state index in [1.807, 2.05) is 0 Å². The molecule has 0 amide bonds. The van der Waals surface area contributed by atoms with E-state index in [4.69, 9.17) is 5.73 Å². The van der Waals surface area contributed by atoms with Crippen molar-refractivity contribution in [3.05, 3.63) is 0 Å². The fraction of sp³-hybridized carbons (Fsp3) is 1.00. The van der Waals surface area contributed by atoms with Crippen LogP contribution in [0.5, 0.6) is 0 Å². The molecule has 1 aliphatic rings. The third kappa shape index (κ3) is 2.68. The second-order valence-electron chi connectivity index (χ2n) is 4.67. The fourth-order valence-electron chi connectivity index (χ4n) is 2.42. The van der Waals surface area contributed by atoms with Gasteiger partial charge in [0, 0.05) is 19.1 Å². The van der Waals surface area contributed by atoms with Crippen molar-refractivity contribution in [3.8, 4) is 0 Å². The SMILES string of the molecule is CCC1(CC)CCN(CC(C)N)C1. The van der Waals surface area contributed by atoms with Crippen LogP contribution in [0.1, 0.15) is 40.0 Å². The Balaban J connectivity index is 2.42. The molecule has 1 saturated heterocycles. The predicted molar refractivity (Wildman–Crippen MR) is 57.7 cm³/mol. The molecule has 0 spiro atoms. The van der Waals surface area contributed by atoms with Crippen LogP contribution >= 0.6 is 0 Å². The van der Waals surface area contributed by atoms with E-state index in [1.54, 1.807) is 0 Å². The first-order chi connectivity index (χ1) is 6.12. The minimum Gasteiger partial charge on any atom is -0.327 e.